The topological polar surface area (TPSA) is 99.3 Å². The van der Waals surface area contributed by atoms with Crippen molar-refractivity contribution in [3.05, 3.63) is 70.9 Å². The van der Waals surface area contributed by atoms with Gasteiger partial charge in [-0.15, -0.1) is 0 Å². The van der Waals surface area contributed by atoms with Crippen molar-refractivity contribution in [1.82, 2.24) is 10.3 Å². The molecular formula is C25H23F6N2NaO4. The standard InChI is InChI=1S/C25H22F6N2O4.Na.H/c26-24(27,28)16-9-14(10-17(12-16)25(29,30)31)5-6-21(34)20(33-22(35)7-8-23(36)37)11-15-13-32-19-4-2-1-3-18(15)19;;/h1-4,9-10,12-13,20,32H,5-8,11H2,(H,33,35)(H,36,37);;. The van der Waals surface area contributed by atoms with Crippen LogP contribution in [0.3, 0.4) is 0 Å². The van der Waals surface area contributed by atoms with Crippen LogP contribution in [-0.2, 0) is 39.6 Å². The Morgan fingerprint density at radius 1 is 0.895 bits per heavy atom. The van der Waals surface area contributed by atoms with Gasteiger partial charge in [0.05, 0.1) is 23.6 Å². The number of Topliss-reactive ketones (excluding diaryl/α,β-unsaturated/α-hetero) is 1. The Bertz CT molecular complexity index is 1270. The maximum absolute atomic E-state index is 13.1. The summed E-state index contributed by atoms with van der Waals surface area (Å²) in [6.07, 6.45) is -10.2. The van der Waals surface area contributed by atoms with E-state index in [1.165, 1.54) is 0 Å². The Morgan fingerprint density at radius 2 is 1.50 bits per heavy atom. The molecule has 3 N–H and O–H groups in total. The molecule has 0 radical (unpaired) electrons. The summed E-state index contributed by atoms with van der Waals surface area (Å²) in [4.78, 5) is 39.1. The van der Waals surface area contributed by atoms with Crippen LogP contribution in [-0.4, -0.2) is 63.3 Å². The van der Waals surface area contributed by atoms with Gasteiger partial charge in [0.1, 0.15) is 0 Å². The number of benzene rings is 2. The number of aromatic amines is 1. The van der Waals surface area contributed by atoms with Gasteiger partial charge in [-0.3, -0.25) is 14.4 Å². The number of aliphatic carboxylic acids is 1. The summed E-state index contributed by atoms with van der Waals surface area (Å²) in [7, 11) is 0. The molecule has 1 amide bonds. The van der Waals surface area contributed by atoms with Crippen molar-refractivity contribution in [1.29, 1.82) is 0 Å². The number of fused-ring (bicyclic) bond motifs is 1. The number of carbonyl (C=O) groups excluding carboxylic acids is 2. The van der Waals surface area contributed by atoms with E-state index in [0.717, 1.165) is 10.9 Å². The second-order valence-electron chi connectivity index (χ2n) is 8.46. The zero-order valence-corrected chi connectivity index (χ0v) is 19.2. The van der Waals surface area contributed by atoms with Crippen LogP contribution in [0.25, 0.3) is 10.9 Å². The van der Waals surface area contributed by atoms with E-state index in [2.05, 4.69) is 10.3 Å². The SMILES string of the molecule is O=C(O)CCC(=O)NC(Cc1c[nH]c2ccccc12)C(=O)CCc1cc(C(F)(F)F)cc(C(F)(F)F)c1.[NaH]. The summed E-state index contributed by atoms with van der Waals surface area (Å²) in [5, 5.41) is 12.0. The summed E-state index contributed by atoms with van der Waals surface area (Å²) in [6, 6.07) is 7.05. The third kappa shape index (κ3) is 8.60. The van der Waals surface area contributed by atoms with E-state index in [1.54, 1.807) is 30.5 Å². The number of amides is 1. The molecule has 0 spiro atoms. The number of rotatable bonds is 10. The Balaban J connectivity index is 0.00000507. The van der Waals surface area contributed by atoms with E-state index in [1.807, 2.05) is 0 Å². The maximum atomic E-state index is 13.1. The fourth-order valence-corrected chi connectivity index (χ4v) is 3.86. The molecule has 0 aliphatic rings. The van der Waals surface area contributed by atoms with Crippen LogP contribution in [0.15, 0.2) is 48.7 Å². The second kappa shape index (κ2) is 12.8. The van der Waals surface area contributed by atoms with E-state index in [4.69, 9.17) is 5.11 Å². The molecule has 0 saturated heterocycles. The average Bonchev–Trinajstić information content (AvgIpc) is 3.22. The number of carboxylic acid groups (broad SMARTS) is 1. The summed E-state index contributed by atoms with van der Waals surface area (Å²) in [6.45, 7) is 0. The molecule has 1 aromatic heterocycles. The first kappa shape index (κ1) is 31.4. The molecule has 13 heteroatoms. The Morgan fingerprint density at radius 3 is 2.08 bits per heavy atom. The molecule has 2 aromatic carbocycles. The van der Waals surface area contributed by atoms with Crippen molar-refractivity contribution in [2.45, 2.75) is 50.5 Å². The quantitative estimate of drug-likeness (QED) is 0.252. The Kier molecular flexibility index (Phi) is 10.6. The van der Waals surface area contributed by atoms with E-state index < -0.39 is 72.9 Å². The van der Waals surface area contributed by atoms with Crippen molar-refractivity contribution in [3.63, 3.8) is 0 Å². The van der Waals surface area contributed by atoms with Crippen molar-refractivity contribution in [2.75, 3.05) is 0 Å². The number of H-pyrrole nitrogens is 1. The molecule has 38 heavy (non-hydrogen) atoms. The number of para-hydroxylation sites is 1. The number of aryl methyl sites for hydroxylation is 1. The molecule has 0 bridgehead atoms. The van der Waals surface area contributed by atoms with Gasteiger partial charge >= 0.3 is 47.9 Å². The number of aromatic nitrogens is 1. The molecule has 1 atom stereocenters. The zero-order valence-electron chi connectivity index (χ0n) is 19.2. The van der Waals surface area contributed by atoms with Crippen molar-refractivity contribution >= 4 is 58.1 Å². The minimum atomic E-state index is -5.02. The number of nitrogens with one attached hydrogen (secondary N) is 2. The number of hydrogen-bond acceptors (Lipinski definition) is 3. The molecule has 1 unspecified atom stereocenters. The first-order chi connectivity index (χ1) is 17.2. The molecule has 3 aromatic rings. The number of halogens is 6. The van der Waals surface area contributed by atoms with Gasteiger partial charge in [-0.05, 0) is 41.8 Å². The number of alkyl halides is 6. The molecule has 0 saturated carbocycles. The third-order valence-corrected chi connectivity index (χ3v) is 5.70. The molecule has 0 aliphatic carbocycles. The van der Waals surface area contributed by atoms with Gasteiger partial charge in [-0.25, -0.2) is 0 Å². The van der Waals surface area contributed by atoms with Gasteiger partial charge in [0.25, 0.3) is 0 Å². The molecular weight excluding hydrogens is 529 g/mol. The Hall–Kier alpha value is -2.83. The van der Waals surface area contributed by atoms with Crippen molar-refractivity contribution < 1.29 is 45.8 Å². The van der Waals surface area contributed by atoms with E-state index in [-0.39, 0.29) is 47.6 Å². The molecule has 3 rings (SSSR count). The van der Waals surface area contributed by atoms with Crippen molar-refractivity contribution in [2.24, 2.45) is 0 Å². The summed E-state index contributed by atoms with van der Waals surface area (Å²) >= 11 is 0. The van der Waals surface area contributed by atoms with Crippen molar-refractivity contribution in [3.8, 4) is 0 Å². The van der Waals surface area contributed by atoms with Crippen LogP contribution in [0.4, 0.5) is 26.3 Å². The molecule has 0 fully saturated rings. The van der Waals surface area contributed by atoms with Gasteiger partial charge in [0.15, 0.2) is 5.78 Å². The molecule has 6 nitrogen and oxygen atoms in total. The zero-order chi connectivity index (χ0) is 27.4. The summed E-state index contributed by atoms with van der Waals surface area (Å²) < 4.78 is 78.9. The monoisotopic (exact) mass is 552 g/mol. The first-order valence-electron chi connectivity index (χ1n) is 11.1. The fraction of sp³-hybridized carbons (Fsp3) is 0.320. The van der Waals surface area contributed by atoms with Gasteiger partial charge in [0, 0.05) is 36.4 Å². The number of carboxylic acids is 1. The number of hydrogen-bond donors (Lipinski definition) is 3. The third-order valence-electron chi connectivity index (χ3n) is 5.70. The molecule has 200 valence electrons. The van der Waals surface area contributed by atoms with E-state index in [9.17, 15) is 40.7 Å². The number of carbonyl (C=O) groups is 3. The van der Waals surface area contributed by atoms with Crippen LogP contribution in [0.5, 0.6) is 0 Å². The summed E-state index contributed by atoms with van der Waals surface area (Å²) in [5.41, 5.74) is -1.90. The Labute approximate surface area is 235 Å². The van der Waals surface area contributed by atoms with Gasteiger partial charge in [0.2, 0.25) is 5.91 Å². The fourth-order valence-electron chi connectivity index (χ4n) is 3.86. The van der Waals surface area contributed by atoms with Crippen LogP contribution < -0.4 is 5.32 Å². The summed E-state index contributed by atoms with van der Waals surface area (Å²) in [5.74, 6) is -2.57. The van der Waals surface area contributed by atoms with Gasteiger partial charge in [-0.1, -0.05) is 18.2 Å². The number of ketones is 1. The van der Waals surface area contributed by atoms with E-state index >= 15 is 0 Å². The minimum absolute atomic E-state index is 0. The van der Waals surface area contributed by atoms with Gasteiger partial charge in [-0.2, -0.15) is 26.3 Å². The predicted octanol–water partition coefficient (Wildman–Crippen LogP) is 4.65. The van der Waals surface area contributed by atoms with E-state index in [0.29, 0.717) is 17.7 Å². The van der Waals surface area contributed by atoms with Crippen LogP contribution in [0.2, 0.25) is 0 Å². The van der Waals surface area contributed by atoms with Crippen LogP contribution >= 0.6 is 0 Å². The molecule has 1 heterocycles. The predicted molar refractivity (Wildman–Crippen MR) is 128 cm³/mol. The average molecular weight is 552 g/mol. The van der Waals surface area contributed by atoms with Gasteiger partial charge < -0.3 is 15.4 Å². The normalized spacial score (nSPS) is 12.6. The van der Waals surface area contributed by atoms with Crippen LogP contribution in [0.1, 0.15) is 41.5 Å². The first-order valence-corrected chi connectivity index (χ1v) is 11.1. The second-order valence-corrected chi connectivity index (χ2v) is 8.46. The van der Waals surface area contributed by atoms with Crippen LogP contribution in [0, 0.1) is 0 Å². The molecule has 0 aliphatic heterocycles.